The van der Waals surface area contributed by atoms with Crippen molar-refractivity contribution in [3.63, 3.8) is 0 Å². The van der Waals surface area contributed by atoms with Crippen LogP contribution in [0.1, 0.15) is 40.2 Å². The number of fused-ring (bicyclic) bond motifs is 1. The third-order valence-electron chi connectivity index (χ3n) is 3.29. The van der Waals surface area contributed by atoms with E-state index >= 15 is 0 Å². The maximum atomic E-state index is 11.4. The summed E-state index contributed by atoms with van der Waals surface area (Å²) in [5.41, 5.74) is 8.95. The molecule has 0 spiro atoms. The zero-order valence-electron chi connectivity index (χ0n) is 9.53. The van der Waals surface area contributed by atoms with E-state index in [1.165, 1.54) is 24.7 Å². The van der Waals surface area contributed by atoms with Gasteiger partial charge in [-0.05, 0) is 55.0 Å². The molecule has 3 nitrogen and oxygen atoms in total. The van der Waals surface area contributed by atoms with Gasteiger partial charge in [0, 0.05) is 0 Å². The molecule has 3 heteroatoms. The lowest BCUT2D eigenvalue weighted by Gasteiger charge is -2.24. The predicted octanol–water partition coefficient (Wildman–Crippen LogP) is 1.85. The Morgan fingerprint density at radius 1 is 1.56 bits per heavy atom. The van der Waals surface area contributed by atoms with E-state index in [-0.39, 0.29) is 5.97 Å². The van der Waals surface area contributed by atoms with E-state index in [1.807, 2.05) is 18.2 Å². The molecule has 1 aromatic rings. The number of hydrogen-bond donors (Lipinski definition) is 1. The third-order valence-corrected chi connectivity index (χ3v) is 3.29. The van der Waals surface area contributed by atoms with Gasteiger partial charge < -0.3 is 10.5 Å². The van der Waals surface area contributed by atoms with Crippen molar-refractivity contribution in [3.05, 3.63) is 34.9 Å². The van der Waals surface area contributed by atoms with Gasteiger partial charge in [0.2, 0.25) is 0 Å². The lowest BCUT2D eigenvalue weighted by Crippen LogP contribution is -2.19. The van der Waals surface area contributed by atoms with E-state index in [0.29, 0.717) is 18.0 Å². The van der Waals surface area contributed by atoms with Gasteiger partial charge in [0.15, 0.2) is 0 Å². The van der Waals surface area contributed by atoms with E-state index in [2.05, 4.69) is 0 Å². The van der Waals surface area contributed by atoms with E-state index in [1.54, 1.807) is 0 Å². The minimum atomic E-state index is -0.274. The van der Waals surface area contributed by atoms with Crippen molar-refractivity contribution >= 4 is 5.97 Å². The van der Waals surface area contributed by atoms with Gasteiger partial charge in [-0.3, -0.25) is 0 Å². The fourth-order valence-electron chi connectivity index (χ4n) is 2.39. The van der Waals surface area contributed by atoms with Crippen molar-refractivity contribution < 1.29 is 9.53 Å². The van der Waals surface area contributed by atoms with E-state index in [4.69, 9.17) is 10.5 Å². The van der Waals surface area contributed by atoms with Crippen molar-refractivity contribution in [2.24, 2.45) is 5.73 Å². The van der Waals surface area contributed by atoms with Gasteiger partial charge in [0.1, 0.15) is 0 Å². The number of ether oxygens (including phenoxy) is 1. The molecule has 0 aromatic heterocycles. The molecule has 0 bridgehead atoms. The van der Waals surface area contributed by atoms with Crippen LogP contribution < -0.4 is 5.73 Å². The number of esters is 1. The molecule has 2 rings (SSSR count). The Balaban J connectivity index is 2.38. The summed E-state index contributed by atoms with van der Waals surface area (Å²) < 4.78 is 4.73. The van der Waals surface area contributed by atoms with Crippen molar-refractivity contribution in [3.8, 4) is 0 Å². The summed E-state index contributed by atoms with van der Waals surface area (Å²) in [4.78, 5) is 11.4. The van der Waals surface area contributed by atoms with Crippen molar-refractivity contribution in [1.82, 2.24) is 0 Å². The molecule has 0 amide bonds. The summed E-state index contributed by atoms with van der Waals surface area (Å²) in [5.74, 6) is 0.123. The van der Waals surface area contributed by atoms with Crippen LogP contribution in [0.25, 0.3) is 0 Å². The lowest BCUT2D eigenvalue weighted by atomic mass is 9.82. The fraction of sp³-hybridized carbons (Fsp3) is 0.462. The highest BCUT2D eigenvalue weighted by Gasteiger charge is 2.20. The highest BCUT2D eigenvalue weighted by atomic mass is 16.5. The number of aryl methyl sites for hydroxylation is 1. The monoisotopic (exact) mass is 219 g/mol. The maximum Gasteiger partial charge on any atom is 0.337 e. The molecule has 0 saturated carbocycles. The number of nitrogens with two attached hydrogens (primary N) is 1. The number of carbonyl (C=O) groups is 1. The Morgan fingerprint density at radius 2 is 2.38 bits per heavy atom. The van der Waals surface area contributed by atoms with Crippen molar-refractivity contribution in [2.45, 2.75) is 25.2 Å². The summed E-state index contributed by atoms with van der Waals surface area (Å²) in [6.07, 6.45) is 3.40. The van der Waals surface area contributed by atoms with Crippen LogP contribution in [0, 0.1) is 0 Å². The average Bonchev–Trinajstić information content (AvgIpc) is 2.36. The molecule has 16 heavy (non-hydrogen) atoms. The molecule has 0 radical (unpaired) electrons. The Labute approximate surface area is 95.6 Å². The van der Waals surface area contributed by atoms with Crippen molar-refractivity contribution in [1.29, 1.82) is 0 Å². The topological polar surface area (TPSA) is 52.3 Å². The Hall–Kier alpha value is -1.35. The zero-order chi connectivity index (χ0) is 11.5. The van der Waals surface area contributed by atoms with Crippen molar-refractivity contribution in [2.75, 3.05) is 13.7 Å². The first-order chi connectivity index (χ1) is 7.76. The van der Waals surface area contributed by atoms with Crippen LogP contribution in [0.2, 0.25) is 0 Å². The second kappa shape index (κ2) is 4.66. The standard InChI is InChI=1S/C13H17NO2/c1-16-13(15)10-6-5-9-3-2-4-11(8-14)12(9)7-10/h5-7,11H,2-4,8,14H2,1H3/t11-/m0/s1. The first-order valence-electron chi connectivity index (χ1n) is 5.67. The Bertz CT molecular complexity index is 401. The Kier molecular flexibility index (Phi) is 3.25. The molecule has 0 unspecified atom stereocenters. The smallest absolute Gasteiger partial charge is 0.337 e. The molecule has 0 heterocycles. The molecule has 1 atom stereocenters. The van der Waals surface area contributed by atoms with Crippen LogP contribution >= 0.6 is 0 Å². The summed E-state index contributed by atoms with van der Waals surface area (Å²) in [5, 5.41) is 0. The Morgan fingerprint density at radius 3 is 3.06 bits per heavy atom. The molecular formula is C13H17NO2. The van der Waals surface area contributed by atoms with Gasteiger partial charge in [-0.1, -0.05) is 6.07 Å². The normalized spacial score (nSPS) is 19.0. The summed E-state index contributed by atoms with van der Waals surface area (Å²) >= 11 is 0. The van der Waals surface area contributed by atoms with Gasteiger partial charge in [0.05, 0.1) is 12.7 Å². The number of hydrogen-bond acceptors (Lipinski definition) is 3. The van der Waals surface area contributed by atoms with Crippen LogP contribution in [0.15, 0.2) is 18.2 Å². The summed E-state index contributed by atoms with van der Waals surface area (Å²) in [7, 11) is 1.40. The second-order valence-electron chi connectivity index (χ2n) is 4.23. The summed E-state index contributed by atoms with van der Waals surface area (Å²) in [6, 6.07) is 5.81. The maximum absolute atomic E-state index is 11.4. The number of rotatable bonds is 2. The highest BCUT2D eigenvalue weighted by molar-refractivity contribution is 5.89. The van der Waals surface area contributed by atoms with Crippen LogP contribution in [-0.2, 0) is 11.2 Å². The highest BCUT2D eigenvalue weighted by Crippen LogP contribution is 2.31. The molecule has 0 aliphatic heterocycles. The molecule has 0 fully saturated rings. The van der Waals surface area contributed by atoms with Gasteiger partial charge in [-0.2, -0.15) is 0 Å². The number of benzene rings is 1. The van der Waals surface area contributed by atoms with E-state index < -0.39 is 0 Å². The van der Waals surface area contributed by atoms with Crippen LogP contribution in [-0.4, -0.2) is 19.6 Å². The first-order valence-corrected chi connectivity index (χ1v) is 5.67. The number of methoxy groups -OCH3 is 1. The van der Waals surface area contributed by atoms with Gasteiger partial charge in [-0.25, -0.2) is 4.79 Å². The van der Waals surface area contributed by atoms with E-state index in [9.17, 15) is 4.79 Å². The molecule has 0 saturated heterocycles. The molecule has 1 aliphatic carbocycles. The van der Waals surface area contributed by atoms with E-state index in [0.717, 1.165) is 12.8 Å². The van der Waals surface area contributed by atoms with Gasteiger partial charge in [-0.15, -0.1) is 0 Å². The lowest BCUT2D eigenvalue weighted by molar-refractivity contribution is 0.0600. The van der Waals surface area contributed by atoms with Gasteiger partial charge >= 0.3 is 5.97 Å². The summed E-state index contributed by atoms with van der Waals surface area (Å²) in [6.45, 7) is 0.650. The zero-order valence-corrected chi connectivity index (χ0v) is 9.53. The largest absolute Gasteiger partial charge is 0.465 e. The SMILES string of the molecule is COC(=O)c1ccc2c(c1)[C@H](CN)CCC2. The second-order valence-corrected chi connectivity index (χ2v) is 4.23. The van der Waals surface area contributed by atoms with Crippen LogP contribution in [0.5, 0.6) is 0 Å². The predicted molar refractivity (Wildman–Crippen MR) is 62.5 cm³/mol. The van der Waals surface area contributed by atoms with Crippen LogP contribution in [0.4, 0.5) is 0 Å². The molecule has 86 valence electrons. The number of carbonyl (C=O) groups excluding carboxylic acids is 1. The minimum Gasteiger partial charge on any atom is -0.465 e. The average molecular weight is 219 g/mol. The van der Waals surface area contributed by atoms with Crippen LogP contribution in [0.3, 0.4) is 0 Å². The quantitative estimate of drug-likeness (QED) is 0.772. The van der Waals surface area contributed by atoms with Gasteiger partial charge in [0.25, 0.3) is 0 Å². The molecule has 1 aliphatic rings. The molecule has 1 aromatic carbocycles. The third kappa shape index (κ3) is 1.95. The molecule has 2 N–H and O–H groups in total. The molecular weight excluding hydrogens is 202 g/mol. The first kappa shape index (κ1) is 11.1. The fourth-order valence-corrected chi connectivity index (χ4v) is 2.39. The minimum absolute atomic E-state index is 0.274.